The van der Waals surface area contributed by atoms with Gasteiger partial charge in [-0.25, -0.2) is 0 Å². The maximum atomic E-state index is 2.41. The lowest BCUT2D eigenvalue weighted by molar-refractivity contribution is 0.154. The molecule has 0 heteroatoms. The van der Waals surface area contributed by atoms with Crippen molar-refractivity contribution in [1.29, 1.82) is 0 Å². The molecule has 12 heavy (non-hydrogen) atoms. The predicted molar refractivity (Wildman–Crippen MR) is 55.2 cm³/mol. The number of hydrogen-bond acceptors (Lipinski definition) is 0. The maximum Gasteiger partial charge on any atom is -0.0272 e. The molecule has 0 bridgehead atoms. The molecule has 0 nitrogen and oxygen atoms in total. The summed E-state index contributed by atoms with van der Waals surface area (Å²) in [6, 6.07) is 0. The van der Waals surface area contributed by atoms with E-state index in [0.29, 0.717) is 5.41 Å². The fraction of sp³-hybridized carbons (Fsp3) is 1.00. The molecular formula is C12H24. The van der Waals surface area contributed by atoms with Crippen molar-refractivity contribution >= 4 is 0 Å². The summed E-state index contributed by atoms with van der Waals surface area (Å²) in [5.41, 5.74) is 0.716. The summed E-state index contributed by atoms with van der Waals surface area (Å²) in [7, 11) is 0. The van der Waals surface area contributed by atoms with Gasteiger partial charge < -0.3 is 0 Å². The Bertz CT molecular complexity index is 127. The van der Waals surface area contributed by atoms with E-state index in [0.717, 1.165) is 11.8 Å². The monoisotopic (exact) mass is 168 g/mol. The van der Waals surface area contributed by atoms with Gasteiger partial charge in [0.1, 0.15) is 0 Å². The Morgan fingerprint density at radius 3 is 1.83 bits per heavy atom. The molecule has 0 amide bonds. The van der Waals surface area contributed by atoms with Gasteiger partial charge in [-0.3, -0.25) is 0 Å². The molecule has 0 aromatic carbocycles. The van der Waals surface area contributed by atoms with Crippen molar-refractivity contribution < 1.29 is 0 Å². The Kier molecular flexibility index (Phi) is 3.20. The average molecular weight is 168 g/mol. The van der Waals surface area contributed by atoms with E-state index in [4.69, 9.17) is 0 Å². The van der Waals surface area contributed by atoms with Gasteiger partial charge in [0.25, 0.3) is 0 Å². The first-order valence-electron chi connectivity index (χ1n) is 5.57. The number of rotatable bonds is 3. The molecular weight excluding hydrogens is 144 g/mol. The largest absolute Gasteiger partial charge is 0.0628 e. The fourth-order valence-electron chi connectivity index (χ4n) is 2.91. The third-order valence-electron chi connectivity index (χ3n) is 3.64. The molecule has 1 rings (SSSR count). The Morgan fingerprint density at radius 2 is 1.50 bits per heavy atom. The highest BCUT2D eigenvalue weighted by atomic mass is 14.4. The zero-order valence-electron chi connectivity index (χ0n) is 9.19. The van der Waals surface area contributed by atoms with E-state index in [1.165, 1.54) is 32.1 Å². The highest BCUT2D eigenvalue weighted by molar-refractivity contribution is 4.87. The first kappa shape index (κ1) is 10.1. The molecule has 0 radical (unpaired) electrons. The van der Waals surface area contributed by atoms with Crippen molar-refractivity contribution in [2.24, 2.45) is 17.3 Å². The summed E-state index contributed by atoms with van der Waals surface area (Å²) in [5, 5.41) is 0. The Balaban J connectivity index is 2.59. The molecule has 72 valence electrons. The standard InChI is InChI=1S/C12H24/c1-10(2)9-12(11(3)4)7-5-6-8-12/h10-11H,5-9H2,1-4H3. The molecule has 0 aromatic heterocycles. The Morgan fingerprint density at radius 1 is 1.00 bits per heavy atom. The zero-order chi connectivity index (χ0) is 9.19. The molecule has 0 spiro atoms. The van der Waals surface area contributed by atoms with E-state index in [1.807, 2.05) is 0 Å². The van der Waals surface area contributed by atoms with Crippen LogP contribution >= 0.6 is 0 Å². The van der Waals surface area contributed by atoms with Crippen LogP contribution in [0.3, 0.4) is 0 Å². The van der Waals surface area contributed by atoms with E-state index in [-0.39, 0.29) is 0 Å². The van der Waals surface area contributed by atoms with E-state index in [2.05, 4.69) is 27.7 Å². The molecule has 1 aliphatic carbocycles. The third-order valence-corrected chi connectivity index (χ3v) is 3.64. The molecule has 1 aliphatic rings. The van der Waals surface area contributed by atoms with Crippen molar-refractivity contribution in [2.45, 2.75) is 59.8 Å². The van der Waals surface area contributed by atoms with E-state index in [9.17, 15) is 0 Å². The minimum atomic E-state index is 0.716. The quantitative estimate of drug-likeness (QED) is 0.591. The molecule has 0 N–H and O–H groups in total. The molecule has 0 unspecified atom stereocenters. The summed E-state index contributed by atoms with van der Waals surface area (Å²) >= 11 is 0. The second-order valence-electron chi connectivity index (χ2n) is 5.32. The van der Waals surface area contributed by atoms with Crippen LogP contribution in [0.1, 0.15) is 59.8 Å². The van der Waals surface area contributed by atoms with Crippen LogP contribution in [-0.2, 0) is 0 Å². The predicted octanol–water partition coefficient (Wildman–Crippen LogP) is 4.25. The highest BCUT2D eigenvalue weighted by Crippen LogP contribution is 2.48. The lowest BCUT2D eigenvalue weighted by Crippen LogP contribution is -2.25. The molecule has 0 heterocycles. The van der Waals surface area contributed by atoms with Crippen molar-refractivity contribution in [2.75, 3.05) is 0 Å². The van der Waals surface area contributed by atoms with Gasteiger partial charge in [0.2, 0.25) is 0 Å². The molecule has 1 fully saturated rings. The average Bonchev–Trinajstić information content (AvgIpc) is 2.35. The Labute approximate surface area is 77.7 Å². The van der Waals surface area contributed by atoms with Crippen LogP contribution in [0.4, 0.5) is 0 Å². The molecule has 0 aliphatic heterocycles. The third kappa shape index (κ3) is 2.02. The summed E-state index contributed by atoms with van der Waals surface area (Å²) in [4.78, 5) is 0. The summed E-state index contributed by atoms with van der Waals surface area (Å²) in [5.74, 6) is 1.77. The van der Waals surface area contributed by atoms with Crippen LogP contribution < -0.4 is 0 Å². The lowest BCUT2D eigenvalue weighted by Gasteiger charge is -2.35. The summed E-state index contributed by atoms with van der Waals surface area (Å²) in [6.07, 6.45) is 7.38. The fourth-order valence-corrected chi connectivity index (χ4v) is 2.91. The summed E-state index contributed by atoms with van der Waals surface area (Å²) < 4.78 is 0. The van der Waals surface area contributed by atoms with Crippen LogP contribution in [0.25, 0.3) is 0 Å². The first-order valence-corrected chi connectivity index (χ1v) is 5.57. The van der Waals surface area contributed by atoms with Crippen LogP contribution in [0, 0.1) is 17.3 Å². The van der Waals surface area contributed by atoms with Gasteiger partial charge in [-0.05, 0) is 36.5 Å². The molecule has 0 atom stereocenters. The van der Waals surface area contributed by atoms with Gasteiger partial charge in [-0.15, -0.1) is 0 Å². The highest BCUT2D eigenvalue weighted by Gasteiger charge is 2.36. The van der Waals surface area contributed by atoms with Gasteiger partial charge in [-0.2, -0.15) is 0 Å². The van der Waals surface area contributed by atoms with E-state index < -0.39 is 0 Å². The molecule has 0 saturated heterocycles. The Hall–Kier alpha value is 0. The summed E-state index contributed by atoms with van der Waals surface area (Å²) in [6.45, 7) is 9.55. The number of hydrogen-bond donors (Lipinski definition) is 0. The molecule has 0 aromatic rings. The lowest BCUT2D eigenvalue weighted by atomic mass is 9.70. The smallest absolute Gasteiger partial charge is 0.0272 e. The van der Waals surface area contributed by atoms with Crippen LogP contribution in [0.2, 0.25) is 0 Å². The van der Waals surface area contributed by atoms with Crippen molar-refractivity contribution in [3.63, 3.8) is 0 Å². The second-order valence-corrected chi connectivity index (χ2v) is 5.32. The van der Waals surface area contributed by atoms with Crippen molar-refractivity contribution in [3.05, 3.63) is 0 Å². The van der Waals surface area contributed by atoms with Crippen LogP contribution in [0.5, 0.6) is 0 Å². The zero-order valence-corrected chi connectivity index (χ0v) is 9.19. The SMILES string of the molecule is CC(C)CC1(C(C)C)CCCC1. The first-order chi connectivity index (χ1) is 5.57. The molecule has 1 saturated carbocycles. The van der Waals surface area contributed by atoms with Crippen LogP contribution in [-0.4, -0.2) is 0 Å². The van der Waals surface area contributed by atoms with Gasteiger partial charge in [0.05, 0.1) is 0 Å². The van der Waals surface area contributed by atoms with Crippen LogP contribution in [0.15, 0.2) is 0 Å². The van der Waals surface area contributed by atoms with Gasteiger partial charge in [-0.1, -0.05) is 40.5 Å². The topological polar surface area (TPSA) is 0 Å². The van der Waals surface area contributed by atoms with Crippen molar-refractivity contribution in [1.82, 2.24) is 0 Å². The minimum absolute atomic E-state index is 0.716. The minimum Gasteiger partial charge on any atom is -0.0628 e. The van der Waals surface area contributed by atoms with Gasteiger partial charge in [0, 0.05) is 0 Å². The van der Waals surface area contributed by atoms with Gasteiger partial charge >= 0.3 is 0 Å². The van der Waals surface area contributed by atoms with Gasteiger partial charge in [0.15, 0.2) is 0 Å². The van der Waals surface area contributed by atoms with E-state index >= 15 is 0 Å². The maximum absolute atomic E-state index is 2.41. The normalized spacial score (nSPS) is 22.5. The van der Waals surface area contributed by atoms with Crippen molar-refractivity contribution in [3.8, 4) is 0 Å². The van der Waals surface area contributed by atoms with E-state index in [1.54, 1.807) is 0 Å². The second kappa shape index (κ2) is 3.81.